The highest BCUT2D eigenvalue weighted by atomic mass is 14.7. The van der Waals surface area contributed by atoms with Gasteiger partial charge in [-0.25, -0.2) is 0 Å². The minimum atomic E-state index is 0.444. The van der Waals surface area contributed by atoms with Gasteiger partial charge in [0.25, 0.3) is 0 Å². The average molecular weight is 114 g/mol. The van der Waals surface area contributed by atoms with Gasteiger partial charge in [0.15, 0.2) is 0 Å². The first kappa shape index (κ1) is 7.63. The number of aliphatic imine (C=N–C) groups is 1. The minimum absolute atomic E-state index is 0.444. The van der Waals surface area contributed by atoms with Gasteiger partial charge in [0.1, 0.15) is 0 Å². The third-order valence-corrected chi connectivity index (χ3v) is 1.42. The summed E-state index contributed by atoms with van der Waals surface area (Å²) in [5.41, 5.74) is 6.50. The topological polar surface area (TPSA) is 38.4 Å². The Morgan fingerprint density at radius 3 is 2.38 bits per heavy atom. The summed E-state index contributed by atoms with van der Waals surface area (Å²) >= 11 is 0. The second-order valence-electron chi connectivity index (χ2n) is 2.00. The Morgan fingerprint density at radius 2 is 2.25 bits per heavy atom. The van der Waals surface area contributed by atoms with Crippen LogP contribution in [0.15, 0.2) is 4.99 Å². The summed E-state index contributed by atoms with van der Waals surface area (Å²) in [7, 11) is 1.79. The molecule has 0 rings (SSSR count). The molecule has 2 heteroatoms. The van der Waals surface area contributed by atoms with Gasteiger partial charge in [-0.3, -0.25) is 4.99 Å². The van der Waals surface area contributed by atoms with Crippen LogP contribution in [0.4, 0.5) is 0 Å². The molecule has 2 N–H and O–H groups in total. The van der Waals surface area contributed by atoms with Crippen LogP contribution in [-0.2, 0) is 0 Å². The maximum Gasteiger partial charge on any atom is 0.0276 e. The lowest BCUT2D eigenvalue weighted by Crippen LogP contribution is -2.17. The molecule has 0 saturated heterocycles. The van der Waals surface area contributed by atoms with Gasteiger partial charge in [-0.2, -0.15) is 0 Å². The standard InChI is InChI=1S/C6H14N2/c1-5(4-7)6(2)8-3/h5H,4,7H2,1-3H3. The molecule has 0 aromatic heterocycles. The fraction of sp³-hybridized carbons (Fsp3) is 0.833. The highest BCUT2D eigenvalue weighted by Gasteiger charge is 1.99. The van der Waals surface area contributed by atoms with Crippen molar-refractivity contribution in [2.24, 2.45) is 16.6 Å². The Bertz CT molecular complexity index is 86.5. The van der Waals surface area contributed by atoms with E-state index in [9.17, 15) is 0 Å². The SMILES string of the molecule is CN=C(C)C(C)CN. The Morgan fingerprint density at radius 1 is 1.75 bits per heavy atom. The summed E-state index contributed by atoms with van der Waals surface area (Å²) in [6.07, 6.45) is 0. The lowest BCUT2D eigenvalue weighted by atomic mass is 10.1. The van der Waals surface area contributed by atoms with Crippen molar-refractivity contribution in [2.45, 2.75) is 13.8 Å². The predicted molar refractivity (Wildman–Crippen MR) is 37.3 cm³/mol. The number of hydrogen-bond donors (Lipinski definition) is 1. The van der Waals surface area contributed by atoms with E-state index in [1.807, 2.05) is 6.92 Å². The molecule has 0 aliphatic carbocycles. The second kappa shape index (κ2) is 3.61. The van der Waals surface area contributed by atoms with Crippen molar-refractivity contribution in [3.8, 4) is 0 Å². The average Bonchev–Trinajstić information content (AvgIpc) is 1.84. The number of hydrogen-bond acceptors (Lipinski definition) is 2. The van der Waals surface area contributed by atoms with E-state index in [-0.39, 0.29) is 0 Å². The van der Waals surface area contributed by atoms with Gasteiger partial charge in [-0.05, 0) is 6.92 Å². The van der Waals surface area contributed by atoms with Gasteiger partial charge in [0, 0.05) is 25.2 Å². The van der Waals surface area contributed by atoms with Crippen LogP contribution in [0, 0.1) is 5.92 Å². The molecule has 0 radical (unpaired) electrons. The van der Waals surface area contributed by atoms with Crippen LogP contribution in [0.2, 0.25) is 0 Å². The van der Waals surface area contributed by atoms with Gasteiger partial charge < -0.3 is 5.73 Å². The van der Waals surface area contributed by atoms with Crippen molar-refractivity contribution in [3.63, 3.8) is 0 Å². The van der Waals surface area contributed by atoms with Crippen LogP contribution in [0.5, 0.6) is 0 Å². The first-order valence-electron chi connectivity index (χ1n) is 2.85. The molecule has 48 valence electrons. The summed E-state index contributed by atoms with van der Waals surface area (Å²) < 4.78 is 0. The first-order chi connectivity index (χ1) is 3.72. The lowest BCUT2D eigenvalue weighted by Gasteiger charge is -2.04. The van der Waals surface area contributed by atoms with Crippen molar-refractivity contribution in [1.29, 1.82) is 0 Å². The van der Waals surface area contributed by atoms with E-state index in [1.165, 1.54) is 0 Å². The normalized spacial score (nSPS) is 16.2. The van der Waals surface area contributed by atoms with E-state index in [0.29, 0.717) is 12.5 Å². The Hall–Kier alpha value is -0.370. The molecule has 0 aromatic carbocycles. The van der Waals surface area contributed by atoms with Crippen molar-refractivity contribution in [3.05, 3.63) is 0 Å². The number of nitrogens with zero attached hydrogens (tertiary/aromatic N) is 1. The third-order valence-electron chi connectivity index (χ3n) is 1.42. The van der Waals surface area contributed by atoms with Crippen LogP contribution < -0.4 is 5.73 Å². The molecular weight excluding hydrogens is 100 g/mol. The van der Waals surface area contributed by atoms with E-state index in [1.54, 1.807) is 7.05 Å². The molecule has 0 fully saturated rings. The van der Waals surface area contributed by atoms with Gasteiger partial charge in [0.05, 0.1) is 0 Å². The van der Waals surface area contributed by atoms with Gasteiger partial charge in [0.2, 0.25) is 0 Å². The molecule has 0 heterocycles. The molecule has 1 unspecified atom stereocenters. The zero-order chi connectivity index (χ0) is 6.57. The van der Waals surface area contributed by atoms with Crippen molar-refractivity contribution >= 4 is 5.71 Å². The molecule has 2 nitrogen and oxygen atoms in total. The van der Waals surface area contributed by atoms with E-state index in [4.69, 9.17) is 5.73 Å². The van der Waals surface area contributed by atoms with Crippen LogP contribution in [0.3, 0.4) is 0 Å². The zero-order valence-corrected chi connectivity index (χ0v) is 5.81. The molecule has 8 heavy (non-hydrogen) atoms. The van der Waals surface area contributed by atoms with Crippen molar-refractivity contribution in [1.82, 2.24) is 0 Å². The largest absolute Gasteiger partial charge is 0.330 e. The molecular formula is C6H14N2. The van der Waals surface area contributed by atoms with Gasteiger partial charge in [-0.1, -0.05) is 6.92 Å². The van der Waals surface area contributed by atoms with Crippen LogP contribution in [0.1, 0.15) is 13.8 Å². The summed E-state index contributed by atoms with van der Waals surface area (Å²) in [5, 5.41) is 0. The minimum Gasteiger partial charge on any atom is -0.330 e. The maximum atomic E-state index is 5.37. The summed E-state index contributed by atoms with van der Waals surface area (Å²) in [6, 6.07) is 0. The second-order valence-corrected chi connectivity index (χ2v) is 2.00. The summed E-state index contributed by atoms with van der Waals surface area (Å²) in [4.78, 5) is 4.00. The van der Waals surface area contributed by atoms with Crippen LogP contribution >= 0.6 is 0 Å². The van der Waals surface area contributed by atoms with Gasteiger partial charge in [-0.15, -0.1) is 0 Å². The molecule has 0 spiro atoms. The third kappa shape index (κ3) is 2.07. The monoisotopic (exact) mass is 114 g/mol. The molecule has 0 aliphatic rings. The lowest BCUT2D eigenvalue weighted by molar-refractivity contribution is 0.777. The van der Waals surface area contributed by atoms with Crippen LogP contribution in [-0.4, -0.2) is 19.3 Å². The smallest absolute Gasteiger partial charge is 0.0276 e. The number of rotatable bonds is 2. The molecule has 0 amide bonds. The summed E-state index contributed by atoms with van der Waals surface area (Å²) in [6.45, 7) is 4.77. The molecule has 0 aromatic rings. The van der Waals surface area contributed by atoms with E-state index >= 15 is 0 Å². The summed E-state index contributed by atoms with van der Waals surface area (Å²) in [5.74, 6) is 0.444. The highest BCUT2D eigenvalue weighted by Crippen LogP contribution is 1.93. The predicted octanol–water partition coefficient (Wildman–Crippen LogP) is 0.672. The van der Waals surface area contributed by atoms with Gasteiger partial charge >= 0.3 is 0 Å². The van der Waals surface area contributed by atoms with E-state index in [2.05, 4.69) is 11.9 Å². The Labute approximate surface area is 50.8 Å². The van der Waals surface area contributed by atoms with Crippen molar-refractivity contribution in [2.75, 3.05) is 13.6 Å². The quantitative estimate of drug-likeness (QED) is 0.526. The van der Waals surface area contributed by atoms with E-state index < -0.39 is 0 Å². The van der Waals surface area contributed by atoms with Crippen LogP contribution in [0.25, 0.3) is 0 Å². The van der Waals surface area contributed by atoms with E-state index in [0.717, 1.165) is 5.71 Å². The fourth-order valence-electron chi connectivity index (χ4n) is 0.391. The maximum absolute atomic E-state index is 5.37. The highest BCUT2D eigenvalue weighted by molar-refractivity contribution is 5.84. The zero-order valence-electron chi connectivity index (χ0n) is 5.81. The molecule has 0 saturated carbocycles. The molecule has 0 aliphatic heterocycles. The fourth-order valence-corrected chi connectivity index (χ4v) is 0.391. The first-order valence-corrected chi connectivity index (χ1v) is 2.85. The Balaban J connectivity index is 3.63. The Kier molecular flexibility index (Phi) is 3.44. The number of nitrogens with two attached hydrogens (primary N) is 1. The molecule has 0 bridgehead atoms. The molecule has 1 atom stereocenters. The van der Waals surface area contributed by atoms with Crippen molar-refractivity contribution < 1.29 is 0 Å².